The summed E-state index contributed by atoms with van der Waals surface area (Å²) in [6, 6.07) is 1.52. The second-order valence-corrected chi connectivity index (χ2v) is 3.55. The van der Waals surface area contributed by atoms with Crippen molar-refractivity contribution in [1.29, 1.82) is 0 Å². The van der Waals surface area contributed by atoms with Crippen LogP contribution in [0.3, 0.4) is 0 Å². The molecule has 1 aromatic heterocycles. The van der Waals surface area contributed by atoms with Gasteiger partial charge in [0, 0.05) is 24.3 Å². The molecular formula is C10H13ClN2O. The Kier molecular flexibility index (Phi) is 3.36. The number of pyridine rings is 1. The molecule has 0 fully saturated rings. The topological polar surface area (TPSA) is 48.0 Å². The fraction of sp³-hybridized carbons (Fsp3) is 0.300. The smallest absolute Gasteiger partial charge is 0.251 e. The van der Waals surface area contributed by atoms with E-state index in [1.54, 1.807) is 6.20 Å². The third kappa shape index (κ3) is 2.39. The average Bonchev–Trinajstić information content (AvgIpc) is 2.14. The van der Waals surface area contributed by atoms with Crippen molar-refractivity contribution in [3.63, 3.8) is 0 Å². The van der Waals surface area contributed by atoms with Gasteiger partial charge in [-0.1, -0.05) is 11.6 Å². The van der Waals surface area contributed by atoms with Gasteiger partial charge in [0.15, 0.2) is 0 Å². The molecule has 0 saturated heterocycles. The van der Waals surface area contributed by atoms with Gasteiger partial charge in [-0.15, -0.1) is 0 Å². The fourth-order valence-electron chi connectivity index (χ4n) is 1.11. The number of aromatic nitrogens is 1. The molecule has 1 aromatic rings. The first kappa shape index (κ1) is 10.9. The lowest BCUT2D eigenvalue weighted by Crippen LogP contribution is -2.20. The zero-order chi connectivity index (χ0) is 10.7. The van der Waals surface area contributed by atoms with Crippen molar-refractivity contribution in [2.75, 3.05) is 5.73 Å². The van der Waals surface area contributed by atoms with Crippen LogP contribution in [0.1, 0.15) is 12.5 Å². The molecule has 0 radical (unpaired) electrons. The molecule has 0 aliphatic rings. The molecule has 0 bridgehead atoms. The molecule has 0 unspecified atom stereocenters. The first-order chi connectivity index (χ1) is 6.54. The van der Waals surface area contributed by atoms with Crippen LogP contribution >= 0.6 is 11.6 Å². The normalized spacial score (nSPS) is 11.8. The van der Waals surface area contributed by atoms with E-state index in [-0.39, 0.29) is 5.56 Å². The Morgan fingerprint density at radius 1 is 1.71 bits per heavy atom. The van der Waals surface area contributed by atoms with Gasteiger partial charge < -0.3 is 10.3 Å². The van der Waals surface area contributed by atoms with E-state index in [2.05, 4.69) is 0 Å². The number of hydrogen-bond acceptors (Lipinski definition) is 2. The first-order valence-corrected chi connectivity index (χ1v) is 4.70. The Morgan fingerprint density at radius 3 is 2.93 bits per heavy atom. The van der Waals surface area contributed by atoms with Crippen LogP contribution in [0, 0.1) is 6.92 Å². The van der Waals surface area contributed by atoms with E-state index in [1.807, 2.05) is 13.8 Å². The van der Waals surface area contributed by atoms with E-state index in [4.69, 9.17) is 17.3 Å². The Morgan fingerprint density at radius 2 is 2.36 bits per heavy atom. The van der Waals surface area contributed by atoms with Crippen molar-refractivity contribution >= 4 is 17.3 Å². The van der Waals surface area contributed by atoms with Gasteiger partial charge >= 0.3 is 0 Å². The van der Waals surface area contributed by atoms with Gasteiger partial charge in [0.25, 0.3) is 5.56 Å². The molecule has 0 aliphatic carbocycles. The van der Waals surface area contributed by atoms with Crippen LogP contribution in [-0.4, -0.2) is 4.57 Å². The van der Waals surface area contributed by atoms with E-state index >= 15 is 0 Å². The molecular weight excluding hydrogens is 200 g/mol. The second kappa shape index (κ2) is 4.33. The van der Waals surface area contributed by atoms with Crippen LogP contribution in [0.15, 0.2) is 28.2 Å². The molecule has 3 nitrogen and oxygen atoms in total. The average molecular weight is 213 g/mol. The van der Waals surface area contributed by atoms with Gasteiger partial charge in [0.05, 0.1) is 5.69 Å². The predicted octanol–water partition coefficient (Wildman–Crippen LogP) is 1.88. The minimum Gasteiger partial charge on any atom is -0.397 e. The van der Waals surface area contributed by atoms with Crippen LogP contribution in [-0.2, 0) is 6.54 Å². The summed E-state index contributed by atoms with van der Waals surface area (Å²) in [5.74, 6) is 0. The summed E-state index contributed by atoms with van der Waals surface area (Å²) in [7, 11) is 0. The van der Waals surface area contributed by atoms with Gasteiger partial charge in [-0.05, 0) is 25.0 Å². The van der Waals surface area contributed by atoms with Crippen molar-refractivity contribution in [3.05, 3.63) is 39.3 Å². The Balaban J connectivity index is 3.11. The zero-order valence-corrected chi connectivity index (χ0v) is 9.01. The second-order valence-electron chi connectivity index (χ2n) is 3.33. The quantitative estimate of drug-likeness (QED) is 0.814. The number of allylic oxidation sites excluding steroid dienone is 1. The molecule has 2 N–H and O–H groups in total. The molecule has 4 heteroatoms. The van der Waals surface area contributed by atoms with Crippen molar-refractivity contribution < 1.29 is 0 Å². The van der Waals surface area contributed by atoms with Crippen LogP contribution in [0.25, 0.3) is 0 Å². The van der Waals surface area contributed by atoms with Crippen LogP contribution in [0.2, 0.25) is 0 Å². The monoisotopic (exact) mass is 212 g/mol. The summed E-state index contributed by atoms with van der Waals surface area (Å²) < 4.78 is 1.54. The highest BCUT2D eigenvalue weighted by Gasteiger charge is 2.00. The van der Waals surface area contributed by atoms with Gasteiger partial charge in [0.2, 0.25) is 0 Å². The number of nitrogen functional groups attached to an aromatic ring is 1. The largest absolute Gasteiger partial charge is 0.397 e. The molecule has 0 spiro atoms. The van der Waals surface area contributed by atoms with Crippen molar-refractivity contribution in [1.82, 2.24) is 4.57 Å². The minimum atomic E-state index is -0.0606. The SMILES string of the molecule is C/C(=C\Cl)Cn1cc(N)c(C)cc1=O. The summed E-state index contributed by atoms with van der Waals surface area (Å²) in [4.78, 5) is 11.5. The third-order valence-electron chi connectivity index (χ3n) is 1.98. The summed E-state index contributed by atoms with van der Waals surface area (Å²) in [5, 5.41) is 0. The van der Waals surface area contributed by atoms with Crippen LogP contribution in [0.4, 0.5) is 5.69 Å². The molecule has 76 valence electrons. The highest BCUT2D eigenvalue weighted by atomic mass is 35.5. The van der Waals surface area contributed by atoms with E-state index in [0.717, 1.165) is 11.1 Å². The molecule has 1 rings (SSSR count). The van der Waals surface area contributed by atoms with Crippen molar-refractivity contribution in [2.24, 2.45) is 0 Å². The highest BCUT2D eigenvalue weighted by Crippen LogP contribution is 2.07. The molecule has 0 aromatic carbocycles. The van der Waals surface area contributed by atoms with E-state index < -0.39 is 0 Å². The summed E-state index contributed by atoms with van der Waals surface area (Å²) in [5.41, 5.74) is 9.43. The molecule has 0 saturated carbocycles. The van der Waals surface area contributed by atoms with Crippen LogP contribution in [0.5, 0.6) is 0 Å². The number of nitrogens with zero attached hydrogens (tertiary/aromatic N) is 1. The number of hydrogen-bond donors (Lipinski definition) is 1. The Hall–Kier alpha value is -1.22. The minimum absolute atomic E-state index is 0.0606. The van der Waals surface area contributed by atoms with E-state index in [9.17, 15) is 4.79 Å². The Labute approximate surface area is 87.8 Å². The van der Waals surface area contributed by atoms with E-state index in [1.165, 1.54) is 16.2 Å². The molecule has 0 aliphatic heterocycles. The standard InChI is InChI=1S/C10H13ClN2O/c1-7(4-11)5-13-6-9(12)8(2)3-10(13)14/h3-4,6H,5,12H2,1-2H3/b7-4+. The predicted molar refractivity (Wildman–Crippen MR) is 59.5 cm³/mol. The number of anilines is 1. The number of aryl methyl sites for hydroxylation is 1. The van der Waals surface area contributed by atoms with Gasteiger partial charge in [-0.2, -0.15) is 0 Å². The van der Waals surface area contributed by atoms with Crippen LogP contribution < -0.4 is 11.3 Å². The maximum atomic E-state index is 11.5. The summed E-state index contributed by atoms with van der Waals surface area (Å²) in [6.07, 6.45) is 1.64. The lowest BCUT2D eigenvalue weighted by atomic mass is 10.2. The van der Waals surface area contributed by atoms with Gasteiger partial charge in [-0.3, -0.25) is 4.79 Å². The molecule has 0 atom stereocenters. The molecule has 1 heterocycles. The maximum absolute atomic E-state index is 11.5. The van der Waals surface area contributed by atoms with Gasteiger partial charge in [-0.25, -0.2) is 0 Å². The lowest BCUT2D eigenvalue weighted by Gasteiger charge is -2.07. The van der Waals surface area contributed by atoms with Crippen molar-refractivity contribution in [3.8, 4) is 0 Å². The number of nitrogens with two attached hydrogens (primary N) is 1. The van der Waals surface area contributed by atoms with Crippen molar-refractivity contribution in [2.45, 2.75) is 20.4 Å². The fourth-order valence-corrected chi connectivity index (χ4v) is 1.18. The number of rotatable bonds is 2. The third-order valence-corrected chi connectivity index (χ3v) is 2.35. The van der Waals surface area contributed by atoms with E-state index in [0.29, 0.717) is 12.2 Å². The highest BCUT2D eigenvalue weighted by molar-refractivity contribution is 6.25. The molecule has 0 amide bonds. The molecule has 14 heavy (non-hydrogen) atoms. The summed E-state index contributed by atoms with van der Waals surface area (Å²) in [6.45, 7) is 4.15. The maximum Gasteiger partial charge on any atom is 0.251 e. The van der Waals surface area contributed by atoms with Gasteiger partial charge in [0.1, 0.15) is 0 Å². The summed E-state index contributed by atoms with van der Waals surface area (Å²) >= 11 is 5.52. The first-order valence-electron chi connectivity index (χ1n) is 4.27. The Bertz CT molecular complexity index is 421. The number of halogens is 1. The lowest BCUT2D eigenvalue weighted by molar-refractivity contribution is 0.748. The zero-order valence-electron chi connectivity index (χ0n) is 8.25.